The van der Waals surface area contributed by atoms with E-state index < -0.39 is 0 Å². The summed E-state index contributed by atoms with van der Waals surface area (Å²) in [7, 11) is 3.30. The summed E-state index contributed by atoms with van der Waals surface area (Å²) < 4.78 is 10.9. The highest BCUT2D eigenvalue weighted by molar-refractivity contribution is 5.84. The molecule has 2 atom stereocenters. The molecule has 4 nitrogen and oxygen atoms in total. The van der Waals surface area contributed by atoms with Crippen molar-refractivity contribution in [3.8, 4) is 11.5 Å². The first-order valence-electron chi connectivity index (χ1n) is 7.94. The first-order chi connectivity index (χ1) is 10.7. The quantitative estimate of drug-likeness (QED) is 0.906. The topological polar surface area (TPSA) is 47.6 Å². The molecule has 1 aromatic carbocycles. The number of rotatable bonds is 5. The van der Waals surface area contributed by atoms with Crippen LogP contribution in [0.15, 0.2) is 18.2 Å². The van der Waals surface area contributed by atoms with Gasteiger partial charge in [0, 0.05) is 12.3 Å². The van der Waals surface area contributed by atoms with Gasteiger partial charge in [-0.05, 0) is 41.7 Å². The fourth-order valence-corrected chi connectivity index (χ4v) is 3.50. The molecule has 0 radical (unpaired) electrons. The van der Waals surface area contributed by atoms with Gasteiger partial charge >= 0.3 is 0 Å². The molecule has 4 heteroatoms. The number of methoxy groups -OCH3 is 2. The normalized spacial score (nSPS) is 22.5. The maximum atomic E-state index is 11.8. The summed E-state index contributed by atoms with van der Waals surface area (Å²) in [5.41, 5.74) is 3.67. The number of unbranched alkanes of at least 4 members (excludes halogenated alkanes) is 1. The largest absolute Gasteiger partial charge is 0.493 e. The Morgan fingerprint density at radius 1 is 1.23 bits per heavy atom. The molecular weight excluding hydrogens is 278 g/mol. The monoisotopic (exact) mass is 301 g/mol. The van der Waals surface area contributed by atoms with Gasteiger partial charge < -0.3 is 14.8 Å². The Bertz CT molecular complexity index is 621. The summed E-state index contributed by atoms with van der Waals surface area (Å²) in [5, 5.41) is 3.10. The van der Waals surface area contributed by atoms with Crippen LogP contribution in [0.5, 0.6) is 11.5 Å². The molecule has 0 saturated carbocycles. The molecule has 2 aliphatic rings. The van der Waals surface area contributed by atoms with Gasteiger partial charge in [-0.15, -0.1) is 0 Å². The molecule has 22 heavy (non-hydrogen) atoms. The minimum atomic E-state index is 0.0627. The van der Waals surface area contributed by atoms with Crippen molar-refractivity contribution in [1.29, 1.82) is 0 Å². The molecule has 1 fully saturated rings. The zero-order valence-electron chi connectivity index (χ0n) is 13.4. The molecule has 0 spiro atoms. The standard InChI is InChI=1S/C18H23NO3/c1-4-5-6-11-7-12-8-17(20)19-18(12)14-10-16(22-3)15(21-2)9-13(11)14/h7,9-10,12,18H,4-6,8H2,1-3H3,(H,19,20)/t12-,18+/m1/s1. The van der Waals surface area contributed by atoms with E-state index in [2.05, 4.69) is 24.4 Å². The van der Waals surface area contributed by atoms with Crippen LogP contribution in [0.25, 0.3) is 5.57 Å². The van der Waals surface area contributed by atoms with Crippen molar-refractivity contribution in [3.63, 3.8) is 0 Å². The molecule has 1 saturated heterocycles. The maximum Gasteiger partial charge on any atom is 0.221 e. The van der Waals surface area contributed by atoms with Crippen LogP contribution in [0, 0.1) is 5.92 Å². The Kier molecular flexibility index (Phi) is 4.10. The van der Waals surface area contributed by atoms with Crippen molar-refractivity contribution in [1.82, 2.24) is 5.32 Å². The predicted octanol–water partition coefficient (Wildman–Crippen LogP) is 3.47. The van der Waals surface area contributed by atoms with E-state index in [9.17, 15) is 4.79 Å². The second-order valence-electron chi connectivity index (χ2n) is 6.00. The minimum Gasteiger partial charge on any atom is -0.493 e. The van der Waals surface area contributed by atoms with Gasteiger partial charge in [-0.3, -0.25) is 4.79 Å². The number of hydrogen-bond donors (Lipinski definition) is 1. The number of fused-ring (bicyclic) bond motifs is 3. The third-order valence-corrected chi connectivity index (χ3v) is 4.62. The Labute approximate surface area is 131 Å². The lowest BCUT2D eigenvalue weighted by Gasteiger charge is -2.28. The van der Waals surface area contributed by atoms with Crippen LogP contribution in [-0.2, 0) is 4.79 Å². The molecule has 1 aliphatic heterocycles. The third-order valence-electron chi connectivity index (χ3n) is 4.62. The van der Waals surface area contributed by atoms with Gasteiger partial charge in [0.1, 0.15) is 0 Å². The summed E-state index contributed by atoms with van der Waals surface area (Å²) in [6, 6.07) is 4.14. The lowest BCUT2D eigenvalue weighted by Crippen LogP contribution is -2.23. The van der Waals surface area contributed by atoms with Crippen LogP contribution < -0.4 is 14.8 Å². The summed E-state index contributed by atoms with van der Waals surface area (Å²) >= 11 is 0. The van der Waals surface area contributed by atoms with E-state index in [0.717, 1.165) is 36.3 Å². The van der Waals surface area contributed by atoms with Gasteiger partial charge in [-0.2, -0.15) is 0 Å². The fourth-order valence-electron chi connectivity index (χ4n) is 3.50. The Morgan fingerprint density at radius 3 is 2.64 bits per heavy atom. The van der Waals surface area contributed by atoms with Gasteiger partial charge in [-0.25, -0.2) is 0 Å². The Balaban J connectivity index is 2.09. The highest BCUT2D eigenvalue weighted by Gasteiger charge is 2.37. The third kappa shape index (κ3) is 2.47. The van der Waals surface area contributed by atoms with E-state index in [1.54, 1.807) is 14.2 Å². The molecule has 1 heterocycles. The first kappa shape index (κ1) is 14.9. The van der Waals surface area contributed by atoms with E-state index in [0.29, 0.717) is 6.42 Å². The molecule has 0 aromatic heterocycles. The van der Waals surface area contributed by atoms with Crippen LogP contribution >= 0.6 is 0 Å². The highest BCUT2D eigenvalue weighted by atomic mass is 16.5. The number of allylic oxidation sites excluding steroid dienone is 1. The molecule has 1 amide bonds. The Morgan fingerprint density at radius 2 is 1.95 bits per heavy atom. The Hall–Kier alpha value is -1.97. The van der Waals surface area contributed by atoms with Crippen LogP contribution in [0.2, 0.25) is 0 Å². The predicted molar refractivity (Wildman–Crippen MR) is 86.0 cm³/mol. The van der Waals surface area contributed by atoms with E-state index in [1.165, 1.54) is 11.1 Å². The molecule has 0 bridgehead atoms. The van der Waals surface area contributed by atoms with Gasteiger partial charge in [0.2, 0.25) is 5.91 Å². The molecular formula is C18H23NO3. The number of ether oxygens (including phenoxy) is 2. The molecule has 118 valence electrons. The molecule has 3 rings (SSSR count). The zero-order chi connectivity index (χ0) is 15.7. The van der Waals surface area contributed by atoms with Crippen LogP contribution in [0.1, 0.15) is 49.8 Å². The van der Waals surface area contributed by atoms with E-state index in [4.69, 9.17) is 9.47 Å². The van der Waals surface area contributed by atoms with E-state index in [-0.39, 0.29) is 17.9 Å². The minimum absolute atomic E-state index is 0.0627. The van der Waals surface area contributed by atoms with E-state index >= 15 is 0 Å². The molecule has 0 unspecified atom stereocenters. The molecule has 1 aromatic rings. The maximum absolute atomic E-state index is 11.8. The van der Waals surface area contributed by atoms with Crippen LogP contribution in [0.4, 0.5) is 0 Å². The van der Waals surface area contributed by atoms with Crippen molar-refractivity contribution in [2.75, 3.05) is 14.2 Å². The summed E-state index contributed by atoms with van der Waals surface area (Å²) in [4.78, 5) is 11.8. The number of carbonyl (C=O) groups excluding carboxylic acids is 1. The molecule has 1 aliphatic carbocycles. The zero-order valence-corrected chi connectivity index (χ0v) is 13.4. The van der Waals surface area contributed by atoms with Gasteiger partial charge in [0.05, 0.1) is 20.3 Å². The van der Waals surface area contributed by atoms with Crippen molar-refractivity contribution >= 4 is 11.5 Å². The second-order valence-corrected chi connectivity index (χ2v) is 6.00. The number of hydrogen-bond acceptors (Lipinski definition) is 3. The van der Waals surface area contributed by atoms with Crippen molar-refractivity contribution in [3.05, 3.63) is 29.3 Å². The SMILES string of the molecule is CCCCC1=C[C@@H]2CC(=O)N[C@@H]2c2cc(OC)c(OC)cc21. The average molecular weight is 301 g/mol. The summed E-state index contributed by atoms with van der Waals surface area (Å²) in [5.74, 6) is 1.85. The van der Waals surface area contributed by atoms with Gasteiger partial charge in [-0.1, -0.05) is 19.4 Å². The van der Waals surface area contributed by atoms with Crippen LogP contribution in [-0.4, -0.2) is 20.1 Å². The van der Waals surface area contributed by atoms with Crippen molar-refractivity contribution in [2.45, 2.75) is 38.6 Å². The summed E-state index contributed by atoms with van der Waals surface area (Å²) in [6.45, 7) is 2.20. The summed E-state index contributed by atoms with van der Waals surface area (Å²) in [6.07, 6.45) is 6.21. The highest BCUT2D eigenvalue weighted by Crippen LogP contribution is 2.46. The average Bonchev–Trinajstić information content (AvgIpc) is 2.91. The fraction of sp³-hybridized carbons (Fsp3) is 0.500. The lowest BCUT2D eigenvalue weighted by atomic mass is 9.79. The lowest BCUT2D eigenvalue weighted by molar-refractivity contribution is -0.119. The van der Waals surface area contributed by atoms with Crippen LogP contribution in [0.3, 0.4) is 0 Å². The first-order valence-corrected chi connectivity index (χ1v) is 7.94. The van der Waals surface area contributed by atoms with Crippen molar-refractivity contribution in [2.24, 2.45) is 5.92 Å². The van der Waals surface area contributed by atoms with Crippen molar-refractivity contribution < 1.29 is 14.3 Å². The van der Waals surface area contributed by atoms with Gasteiger partial charge in [0.15, 0.2) is 11.5 Å². The smallest absolute Gasteiger partial charge is 0.221 e. The number of amides is 1. The number of carbonyl (C=O) groups is 1. The molecule has 1 N–H and O–H groups in total. The van der Waals surface area contributed by atoms with E-state index in [1.807, 2.05) is 6.07 Å². The van der Waals surface area contributed by atoms with Gasteiger partial charge in [0.25, 0.3) is 0 Å². The number of nitrogens with one attached hydrogen (secondary N) is 1. The number of benzene rings is 1. The second kappa shape index (κ2) is 6.03.